The molecule has 0 saturated carbocycles. The highest BCUT2D eigenvalue weighted by Gasteiger charge is 2.22. The lowest BCUT2D eigenvalue weighted by Crippen LogP contribution is -2.29. The summed E-state index contributed by atoms with van der Waals surface area (Å²) in [6.07, 6.45) is 0.829. The fraction of sp³-hybridized carbons (Fsp3) is 0.250. The van der Waals surface area contributed by atoms with E-state index in [0.717, 1.165) is 12.0 Å². The topological polar surface area (TPSA) is 90.0 Å². The minimum Gasteiger partial charge on any atom is -0.302 e. The second kappa shape index (κ2) is 5.19. The Balaban J connectivity index is 2.25. The molecule has 0 fully saturated rings. The van der Waals surface area contributed by atoms with Crippen molar-refractivity contribution in [2.24, 2.45) is 7.05 Å². The number of rotatable bonds is 3. The van der Waals surface area contributed by atoms with Crippen LogP contribution < -0.4 is 11.2 Å². The highest BCUT2D eigenvalue weighted by molar-refractivity contribution is 5.79. The van der Waals surface area contributed by atoms with Crippen LogP contribution in [0.15, 0.2) is 39.9 Å². The van der Waals surface area contributed by atoms with E-state index in [2.05, 4.69) is 15.2 Å². The first kappa shape index (κ1) is 14.4. The van der Waals surface area contributed by atoms with Gasteiger partial charge in [0.05, 0.1) is 0 Å². The van der Waals surface area contributed by atoms with Gasteiger partial charge >= 0.3 is 5.69 Å². The number of nitrogens with zero attached hydrogens (tertiary/aromatic N) is 5. The molecule has 0 saturated heterocycles. The van der Waals surface area contributed by atoms with Crippen LogP contribution in [0.25, 0.3) is 28.3 Å². The molecule has 0 aliphatic heterocycles. The Morgan fingerprint density at radius 1 is 1.12 bits per heavy atom. The Bertz CT molecular complexity index is 1160. The molecule has 1 N–H and O–H groups in total. The van der Waals surface area contributed by atoms with Gasteiger partial charge in [-0.25, -0.2) is 9.20 Å². The summed E-state index contributed by atoms with van der Waals surface area (Å²) in [4.78, 5) is 26.8. The highest BCUT2D eigenvalue weighted by atomic mass is 16.2. The van der Waals surface area contributed by atoms with Crippen molar-refractivity contribution in [3.63, 3.8) is 0 Å². The highest BCUT2D eigenvalue weighted by Crippen LogP contribution is 2.23. The summed E-state index contributed by atoms with van der Waals surface area (Å²) < 4.78 is 5.01. The maximum absolute atomic E-state index is 12.4. The van der Waals surface area contributed by atoms with E-state index in [9.17, 15) is 9.59 Å². The summed E-state index contributed by atoms with van der Waals surface area (Å²) >= 11 is 0. The molecule has 0 amide bonds. The monoisotopic (exact) mass is 324 g/mol. The SMILES string of the molecule is CCCn1c2c(=O)[nH]c(=O)n(C)c2n2c(-c3ccccc3)nnc12. The molecular formula is C16H16N6O2. The zero-order chi connectivity index (χ0) is 16.8. The van der Waals surface area contributed by atoms with E-state index >= 15 is 0 Å². The van der Waals surface area contributed by atoms with Crippen LogP contribution in [-0.4, -0.2) is 28.7 Å². The summed E-state index contributed by atoms with van der Waals surface area (Å²) in [5, 5.41) is 8.55. The third kappa shape index (κ3) is 1.86. The van der Waals surface area contributed by atoms with Crippen LogP contribution in [0.1, 0.15) is 13.3 Å². The van der Waals surface area contributed by atoms with Gasteiger partial charge in [0.2, 0.25) is 5.78 Å². The van der Waals surface area contributed by atoms with Gasteiger partial charge in [-0.15, -0.1) is 10.2 Å². The first-order chi connectivity index (χ1) is 11.6. The van der Waals surface area contributed by atoms with E-state index in [1.807, 2.05) is 41.8 Å². The summed E-state index contributed by atoms with van der Waals surface area (Å²) in [5.74, 6) is 1.16. The summed E-state index contributed by atoms with van der Waals surface area (Å²) in [7, 11) is 1.63. The predicted octanol–water partition coefficient (Wildman–Crippen LogP) is 1.15. The van der Waals surface area contributed by atoms with Crippen molar-refractivity contribution >= 4 is 16.9 Å². The molecule has 4 aromatic rings. The van der Waals surface area contributed by atoms with E-state index in [0.29, 0.717) is 29.3 Å². The van der Waals surface area contributed by atoms with Gasteiger partial charge in [-0.3, -0.25) is 14.3 Å². The largest absolute Gasteiger partial charge is 0.329 e. The lowest BCUT2D eigenvalue weighted by Gasteiger charge is -2.03. The first-order valence-corrected chi connectivity index (χ1v) is 7.75. The molecule has 8 heteroatoms. The van der Waals surface area contributed by atoms with Crippen LogP contribution in [-0.2, 0) is 13.6 Å². The quantitative estimate of drug-likeness (QED) is 0.612. The average Bonchev–Trinajstić information content (AvgIpc) is 3.13. The number of hydrogen-bond donors (Lipinski definition) is 1. The molecule has 0 atom stereocenters. The molecule has 122 valence electrons. The van der Waals surface area contributed by atoms with Crippen molar-refractivity contribution in [2.45, 2.75) is 19.9 Å². The van der Waals surface area contributed by atoms with Gasteiger partial charge in [0.1, 0.15) is 0 Å². The van der Waals surface area contributed by atoms with Crippen LogP contribution >= 0.6 is 0 Å². The number of imidazole rings is 1. The Morgan fingerprint density at radius 3 is 2.58 bits per heavy atom. The summed E-state index contributed by atoms with van der Waals surface area (Å²) in [6.45, 7) is 2.63. The van der Waals surface area contributed by atoms with E-state index < -0.39 is 11.2 Å². The number of benzene rings is 1. The molecule has 0 radical (unpaired) electrons. The summed E-state index contributed by atoms with van der Waals surface area (Å²) in [6, 6.07) is 9.58. The zero-order valence-corrected chi connectivity index (χ0v) is 13.4. The van der Waals surface area contributed by atoms with Crippen LogP contribution in [0.2, 0.25) is 0 Å². The maximum atomic E-state index is 12.4. The fourth-order valence-corrected chi connectivity index (χ4v) is 3.05. The number of aromatic amines is 1. The van der Waals surface area contributed by atoms with E-state index in [4.69, 9.17) is 0 Å². The number of H-pyrrole nitrogens is 1. The summed E-state index contributed by atoms with van der Waals surface area (Å²) in [5.41, 5.74) is 0.923. The van der Waals surface area contributed by atoms with Crippen molar-refractivity contribution in [3.8, 4) is 11.4 Å². The Hall–Kier alpha value is -3.16. The molecule has 0 aliphatic rings. The standard InChI is InChI=1S/C16H16N6O2/c1-3-9-21-11-13(23)17-16(24)20(2)14(11)22-12(18-19-15(21)22)10-7-5-4-6-8-10/h4-8H,3,9H2,1-2H3,(H,17,23,24). The van der Waals surface area contributed by atoms with Crippen LogP contribution in [0.4, 0.5) is 0 Å². The molecule has 8 nitrogen and oxygen atoms in total. The molecule has 0 spiro atoms. The number of aryl methyl sites for hydroxylation is 2. The minimum atomic E-state index is -0.462. The van der Waals surface area contributed by atoms with Gasteiger partial charge in [-0.05, 0) is 6.42 Å². The number of aromatic nitrogens is 6. The van der Waals surface area contributed by atoms with Crippen molar-refractivity contribution in [1.82, 2.24) is 28.7 Å². The van der Waals surface area contributed by atoms with Crippen LogP contribution in [0.5, 0.6) is 0 Å². The second-order valence-electron chi connectivity index (χ2n) is 5.67. The molecule has 4 rings (SSSR count). The average molecular weight is 324 g/mol. The number of nitrogens with one attached hydrogen (secondary N) is 1. The molecular weight excluding hydrogens is 308 g/mol. The van der Waals surface area contributed by atoms with E-state index in [1.54, 1.807) is 11.4 Å². The lowest BCUT2D eigenvalue weighted by atomic mass is 10.2. The predicted molar refractivity (Wildman–Crippen MR) is 90.1 cm³/mol. The van der Waals surface area contributed by atoms with Crippen LogP contribution in [0.3, 0.4) is 0 Å². The van der Waals surface area contributed by atoms with Gasteiger partial charge in [-0.2, -0.15) is 0 Å². The molecule has 24 heavy (non-hydrogen) atoms. The molecule has 0 aliphatic carbocycles. The Labute approximate surface area is 136 Å². The first-order valence-electron chi connectivity index (χ1n) is 7.75. The molecule has 3 aromatic heterocycles. The smallest absolute Gasteiger partial charge is 0.302 e. The fourth-order valence-electron chi connectivity index (χ4n) is 3.05. The van der Waals surface area contributed by atoms with Crippen molar-refractivity contribution in [1.29, 1.82) is 0 Å². The number of fused-ring (bicyclic) bond motifs is 3. The van der Waals surface area contributed by atoms with Crippen molar-refractivity contribution in [2.75, 3.05) is 0 Å². The van der Waals surface area contributed by atoms with Gasteiger partial charge < -0.3 is 4.57 Å². The van der Waals surface area contributed by atoms with Crippen molar-refractivity contribution < 1.29 is 0 Å². The lowest BCUT2D eigenvalue weighted by molar-refractivity contribution is 0.706. The molecule has 0 unspecified atom stereocenters. The van der Waals surface area contributed by atoms with Gasteiger partial charge in [0, 0.05) is 19.2 Å². The molecule has 1 aromatic carbocycles. The Morgan fingerprint density at radius 2 is 1.88 bits per heavy atom. The van der Waals surface area contributed by atoms with Crippen molar-refractivity contribution in [3.05, 3.63) is 51.2 Å². The zero-order valence-electron chi connectivity index (χ0n) is 13.4. The van der Waals surface area contributed by atoms with E-state index in [1.165, 1.54) is 4.57 Å². The minimum absolute atomic E-state index is 0.411. The third-order valence-corrected chi connectivity index (χ3v) is 4.12. The van der Waals surface area contributed by atoms with Gasteiger partial charge in [0.15, 0.2) is 17.0 Å². The maximum Gasteiger partial charge on any atom is 0.329 e. The molecule has 0 bridgehead atoms. The Kier molecular flexibility index (Phi) is 3.12. The molecule has 3 heterocycles. The normalized spacial score (nSPS) is 11.6. The van der Waals surface area contributed by atoms with Crippen LogP contribution in [0, 0.1) is 0 Å². The second-order valence-corrected chi connectivity index (χ2v) is 5.67. The van der Waals surface area contributed by atoms with Gasteiger partial charge in [0.25, 0.3) is 5.56 Å². The van der Waals surface area contributed by atoms with E-state index in [-0.39, 0.29) is 0 Å². The third-order valence-electron chi connectivity index (χ3n) is 4.12. The van der Waals surface area contributed by atoms with Gasteiger partial charge in [-0.1, -0.05) is 37.3 Å². The number of hydrogen-bond acceptors (Lipinski definition) is 4.